The second kappa shape index (κ2) is 7.07. The van der Waals surface area contributed by atoms with Gasteiger partial charge in [-0.05, 0) is 25.1 Å². The molecule has 0 saturated heterocycles. The van der Waals surface area contributed by atoms with E-state index >= 15 is 0 Å². The molecule has 114 valence electrons. The van der Waals surface area contributed by atoms with Gasteiger partial charge in [-0.25, -0.2) is 10.2 Å². The highest BCUT2D eigenvalue weighted by molar-refractivity contribution is 5.95. The first-order chi connectivity index (χ1) is 10.6. The Bertz CT molecular complexity index is 705. The third-order valence-corrected chi connectivity index (χ3v) is 2.74. The van der Waals surface area contributed by atoms with Gasteiger partial charge in [-0.3, -0.25) is 4.79 Å². The average Bonchev–Trinajstić information content (AvgIpc) is 2.92. The lowest BCUT2D eigenvalue weighted by Gasteiger charge is -2.06. The van der Waals surface area contributed by atoms with E-state index < -0.39 is 18.5 Å². The summed E-state index contributed by atoms with van der Waals surface area (Å²) in [6, 6.07) is 8.31. The number of nitrogens with zero attached hydrogens (tertiary/aromatic N) is 1. The first-order valence-corrected chi connectivity index (χ1v) is 6.39. The largest absolute Gasteiger partial charge is 0.481 e. The van der Waals surface area contributed by atoms with Gasteiger partial charge in [0.1, 0.15) is 11.5 Å². The Morgan fingerprint density at radius 2 is 2.14 bits per heavy atom. The standard InChI is InChI=1S/C15H14N2O5/c1-10-12(6-7-21-10)15(20)17-16-8-11-4-2-3-5-13(11)22-9-14(18)19/h2-8H,9H2,1H3,(H,17,20)(H,18,19). The van der Waals surface area contributed by atoms with Crippen molar-refractivity contribution in [3.63, 3.8) is 0 Å². The number of carboxylic acid groups (broad SMARTS) is 1. The van der Waals surface area contributed by atoms with E-state index in [0.29, 0.717) is 22.6 Å². The van der Waals surface area contributed by atoms with Crippen molar-refractivity contribution in [3.05, 3.63) is 53.5 Å². The van der Waals surface area contributed by atoms with Crippen LogP contribution in [0.2, 0.25) is 0 Å². The minimum absolute atomic E-state index is 0.363. The van der Waals surface area contributed by atoms with Gasteiger partial charge >= 0.3 is 5.97 Å². The minimum Gasteiger partial charge on any atom is -0.481 e. The zero-order chi connectivity index (χ0) is 15.9. The molecule has 7 nitrogen and oxygen atoms in total. The molecule has 0 radical (unpaired) electrons. The first kappa shape index (κ1) is 15.3. The van der Waals surface area contributed by atoms with Gasteiger partial charge in [-0.1, -0.05) is 12.1 Å². The number of hydrazone groups is 1. The molecule has 1 aromatic carbocycles. The van der Waals surface area contributed by atoms with Crippen molar-refractivity contribution in [2.45, 2.75) is 6.92 Å². The summed E-state index contributed by atoms with van der Waals surface area (Å²) in [4.78, 5) is 22.3. The van der Waals surface area contributed by atoms with Gasteiger partial charge in [0, 0.05) is 5.56 Å². The van der Waals surface area contributed by atoms with Crippen LogP contribution in [0.25, 0.3) is 0 Å². The number of amides is 1. The molecular formula is C15H14N2O5. The third-order valence-electron chi connectivity index (χ3n) is 2.74. The van der Waals surface area contributed by atoms with Crippen LogP contribution in [-0.4, -0.2) is 29.8 Å². The summed E-state index contributed by atoms with van der Waals surface area (Å²) in [5.74, 6) is -0.609. The number of hydrogen-bond donors (Lipinski definition) is 2. The van der Waals surface area contributed by atoms with Crippen LogP contribution in [0.15, 0.2) is 46.1 Å². The van der Waals surface area contributed by atoms with E-state index in [0.717, 1.165) is 0 Å². The van der Waals surface area contributed by atoms with Crippen molar-refractivity contribution in [1.29, 1.82) is 0 Å². The third kappa shape index (κ3) is 3.95. The summed E-state index contributed by atoms with van der Waals surface area (Å²) in [5.41, 5.74) is 3.31. The van der Waals surface area contributed by atoms with E-state index in [2.05, 4.69) is 10.5 Å². The predicted octanol–water partition coefficient (Wildman–Crippen LogP) is 1.82. The fourth-order valence-electron chi connectivity index (χ4n) is 1.70. The molecule has 0 spiro atoms. The van der Waals surface area contributed by atoms with Crippen molar-refractivity contribution in [2.75, 3.05) is 6.61 Å². The molecule has 1 amide bonds. The van der Waals surface area contributed by atoms with E-state index in [1.54, 1.807) is 37.3 Å². The quantitative estimate of drug-likeness (QED) is 0.626. The topological polar surface area (TPSA) is 101 Å². The molecule has 7 heteroatoms. The van der Waals surface area contributed by atoms with Crippen molar-refractivity contribution in [2.24, 2.45) is 5.10 Å². The molecule has 2 N–H and O–H groups in total. The monoisotopic (exact) mass is 302 g/mol. The lowest BCUT2D eigenvalue weighted by molar-refractivity contribution is -0.139. The second-order valence-corrected chi connectivity index (χ2v) is 4.31. The van der Waals surface area contributed by atoms with E-state index in [9.17, 15) is 9.59 Å². The van der Waals surface area contributed by atoms with Crippen LogP contribution in [0.3, 0.4) is 0 Å². The average molecular weight is 302 g/mol. The second-order valence-electron chi connectivity index (χ2n) is 4.31. The Morgan fingerprint density at radius 3 is 2.82 bits per heavy atom. The fraction of sp³-hybridized carbons (Fsp3) is 0.133. The molecule has 0 fully saturated rings. The number of benzene rings is 1. The predicted molar refractivity (Wildman–Crippen MR) is 78.1 cm³/mol. The van der Waals surface area contributed by atoms with E-state index in [1.807, 2.05) is 0 Å². The van der Waals surface area contributed by atoms with Gasteiger partial charge in [-0.15, -0.1) is 0 Å². The smallest absolute Gasteiger partial charge is 0.341 e. The minimum atomic E-state index is -1.07. The van der Waals surface area contributed by atoms with Crippen molar-refractivity contribution < 1.29 is 23.8 Å². The van der Waals surface area contributed by atoms with Gasteiger partial charge < -0.3 is 14.3 Å². The van der Waals surface area contributed by atoms with Gasteiger partial charge in [0.05, 0.1) is 18.0 Å². The summed E-state index contributed by atoms with van der Waals surface area (Å²) in [5, 5.41) is 12.5. The number of carbonyl (C=O) groups is 2. The molecule has 0 unspecified atom stereocenters. The molecule has 22 heavy (non-hydrogen) atoms. The van der Waals surface area contributed by atoms with Crippen LogP contribution in [0.1, 0.15) is 21.7 Å². The highest BCUT2D eigenvalue weighted by Gasteiger charge is 2.10. The van der Waals surface area contributed by atoms with Gasteiger partial charge in [-0.2, -0.15) is 5.10 Å². The maximum atomic E-state index is 11.8. The lowest BCUT2D eigenvalue weighted by Crippen LogP contribution is -2.18. The van der Waals surface area contributed by atoms with Gasteiger partial charge in [0.25, 0.3) is 5.91 Å². The molecule has 0 aliphatic heterocycles. The molecule has 1 aromatic heterocycles. The Hall–Kier alpha value is -3.09. The highest BCUT2D eigenvalue weighted by atomic mass is 16.5. The lowest BCUT2D eigenvalue weighted by atomic mass is 10.2. The van der Waals surface area contributed by atoms with Crippen LogP contribution in [0.4, 0.5) is 0 Å². The van der Waals surface area contributed by atoms with Crippen molar-refractivity contribution in [1.82, 2.24) is 5.43 Å². The number of hydrogen-bond acceptors (Lipinski definition) is 5. The molecule has 0 aliphatic rings. The molecule has 0 bridgehead atoms. The molecular weight excluding hydrogens is 288 g/mol. The number of carbonyl (C=O) groups excluding carboxylic acids is 1. The Morgan fingerprint density at radius 1 is 1.36 bits per heavy atom. The van der Waals surface area contributed by atoms with Crippen LogP contribution in [0, 0.1) is 6.92 Å². The SMILES string of the molecule is Cc1occc1C(=O)NN=Cc1ccccc1OCC(=O)O. The zero-order valence-corrected chi connectivity index (χ0v) is 11.8. The van der Waals surface area contributed by atoms with Crippen LogP contribution in [0.5, 0.6) is 5.75 Å². The van der Waals surface area contributed by atoms with Crippen LogP contribution in [-0.2, 0) is 4.79 Å². The summed E-state index contributed by atoms with van der Waals surface area (Å²) in [7, 11) is 0. The Kier molecular flexibility index (Phi) is 4.92. The molecule has 0 atom stereocenters. The maximum absolute atomic E-state index is 11.8. The Labute approximate surface area is 126 Å². The van der Waals surface area contributed by atoms with Crippen molar-refractivity contribution >= 4 is 18.1 Å². The normalized spacial score (nSPS) is 10.6. The molecule has 2 aromatic rings. The van der Waals surface area contributed by atoms with Crippen molar-refractivity contribution in [3.8, 4) is 5.75 Å². The number of ether oxygens (including phenoxy) is 1. The van der Waals surface area contributed by atoms with E-state index in [4.69, 9.17) is 14.3 Å². The first-order valence-electron chi connectivity index (χ1n) is 6.39. The Balaban J connectivity index is 2.02. The van der Waals surface area contributed by atoms with Crippen LogP contribution >= 0.6 is 0 Å². The number of furan rings is 1. The molecule has 0 saturated carbocycles. The number of rotatable bonds is 6. The van der Waals surface area contributed by atoms with E-state index in [-0.39, 0.29) is 0 Å². The summed E-state index contributed by atoms with van der Waals surface area (Å²) in [6.07, 6.45) is 2.80. The highest BCUT2D eigenvalue weighted by Crippen LogP contribution is 2.15. The zero-order valence-electron chi connectivity index (χ0n) is 11.8. The molecule has 0 aliphatic carbocycles. The number of nitrogens with one attached hydrogen (secondary N) is 1. The summed E-state index contributed by atoms with van der Waals surface area (Å²) < 4.78 is 10.2. The molecule has 1 heterocycles. The van der Waals surface area contributed by atoms with Gasteiger partial charge in [0.15, 0.2) is 6.61 Å². The van der Waals surface area contributed by atoms with Crippen LogP contribution < -0.4 is 10.2 Å². The summed E-state index contributed by atoms with van der Waals surface area (Å²) >= 11 is 0. The number of carboxylic acids is 1. The fourth-order valence-corrected chi connectivity index (χ4v) is 1.70. The number of aliphatic carboxylic acids is 1. The van der Waals surface area contributed by atoms with Gasteiger partial charge in [0.2, 0.25) is 0 Å². The maximum Gasteiger partial charge on any atom is 0.341 e. The number of aryl methyl sites for hydroxylation is 1. The molecule has 2 rings (SSSR count). The van der Waals surface area contributed by atoms with E-state index in [1.165, 1.54) is 12.5 Å². The summed E-state index contributed by atoms with van der Waals surface area (Å²) in [6.45, 7) is 1.22. The number of para-hydroxylation sites is 1.